The van der Waals surface area contributed by atoms with Crippen LogP contribution in [0.4, 0.5) is 0 Å². The van der Waals surface area contributed by atoms with E-state index in [1.807, 2.05) is 0 Å². The molecule has 0 aliphatic carbocycles. The second-order valence-electron chi connectivity index (χ2n) is 4.41. The maximum Gasteiger partial charge on any atom is 0.344 e. The van der Waals surface area contributed by atoms with E-state index in [2.05, 4.69) is 0 Å². The Labute approximate surface area is 113 Å². The first-order chi connectivity index (χ1) is 8.93. The molecule has 5 nitrogen and oxygen atoms in total. The Bertz CT molecular complexity index is 426. The van der Waals surface area contributed by atoms with E-state index >= 15 is 0 Å². The van der Waals surface area contributed by atoms with Gasteiger partial charge < -0.3 is 19.3 Å². The summed E-state index contributed by atoms with van der Waals surface area (Å²) in [6.07, 6.45) is -0.875. The molecule has 19 heavy (non-hydrogen) atoms. The molecule has 1 atom stereocenters. The third-order valence-corrected chi connectivity index (χ3v) is 2.38. The molecule has 1 N–H and O–H groups in total. The molecule has 106 valence electrons. The van der Waals surface area contributed by atoms with E-state index in [-0.39, 0.29) is 12.7 Å². The summed E-state index contributed by atoms with van der Waals surface area (Å²) in [7, 11) is 1.54. The molecule has 0 aliphatic heterocycles. The minimum atomic E-state index is -0.693. The summed E-state index contributed by atoms with van der Waals surface area (Å²) in [4.78, 5) is 11.4. The molecule has 0 saturated heterocycles. The topological polar surface area (TPSA) is 65.0 Å². The van der Waals surface area contributed by atoms with Crippen molar-refractivity contribution in [2.24, 2.45) is 0 Å². The van der Waals surface area contributed by atoms with Crippen molar-refractivity contribution in [2.45, 2.75) is 33.0 Å². The summed E-state index contributed by atoms with van der Waals surface area (Å²) in [5.41, 5.74) is 0.596. The molecule has 0 heterocycles. The van der Waals surface area contributed by atoms with E-state index in [9.17, 15) is 9.90 Å². The summed E-state index contributed by atoms with van der Waals surface area (Å²) < 4.78 is 15.4. The first-order valence-electron chi connectivity index (χ1n) is 6.12. The monoisotopic (exact) mass is 268 g/mol. The average molecular weight is 268 g/mol. The van der Waals surface area contributed by atoms with Crippen LogP contribution in [0.3, 0.4) is 0 Å². The van der Waals surface area contributed by atoms with Crippen molar-refractivity contribution in [3.05, 3.63) is 23.8 Å². The standard InChI is InChI=1S/C14H20O5/c1-9(2)19-14(16)8-18-13-7-11(17-4)5-6-12(13)10(3)15/h5-7,9-10,15H,8H2,1-4H3/t10-/m0/s1. The van der Waals surface area contributed by atoms with Crippen LogP contribution in [0.15, 0.2) is 18.2 Å². The third-order valence-electron chi connectivity index (χ3n) is 2.38. The van der Waals surface area contributed by atoms with Gasteiger partial charge in [0.15, 0.2) is 6.61 Å². The van der Waals surface area contributed by atoms with Gasteiger partial charge in [0.1, 0.15) is 11.5 Å². The van der Waals surface area contributed by atoms with Gasteiger partial charge in [-0.25, -0.2) is 4.79 Å². The van der Waals surface area contributed by atoms with Crippen molar-refractivity contribution >= 4 is 5.97 Å². The van der Waals surface area contributed by atoms with E-state index < -0.39 is 12.1 Å². The van der Waals surface area contributed by atoms with Crippen LogP contribution in [-0.2, 0) is 9.53 Å². The van der Waals surface area contributed by atoms with Gasteiger partial charge in [-0.15, -0.1) is 0 Å². The molecular weight excluding hydrogens is 248 g/mol. The lowest BCUT2D eigenvalue weighted by Gasteiger charge is -2.15. The number of hydrogen-bond acceptors (Lipinski definition) is 5. The Morgan fingerprint density at radius 1 is 1.32 bits per heavy atom. The van der Waals surface area contributed by atoms with Gasteiger partial charge in [-0.2, -0.15) is 0 Å². The van der Waals surface area contributed by atoms with Gasteiger partial charge in [0.2, 0.25) is 0 Å². The lowest BCUT2D eigenvalue weighted by Crippen LogP contribution is -2.19. The highest BCUT2D eigenvalue weighted by atomic mass is 16.6. The Morgan fingerprint density at radius 2 is 2.00 bits per heavy atom. The lowest BCUT2D eigenvalue weighted by atomic mass is 10.1. The molecular formula is C14H20O5. The number of ether oxygens (including phenoxy) is 3. The van der Waals surface area contributed by atoms with Crippen LogP contribution < -0.4 is 9.47 Å². The molecule has 0 saturated carbocycles. The number of aliphatic hydroxyl groups is 1. The van der Waals surface area contributed by atoms with Gasteiger partial charge in [0.05, 0.1) is 19.3 Å². The highest BCUT2D eigenvalue weighted by Crippen LogP contribution is 2.29. The van der Waals surface area contributed by atoms with Crippen LogP contribution in [0.1, 0.15) is 32.4 Å². The predicted molar refractivity (Wildman–Crippen MR) is 70.4 cm³/mol. The molecule has 0 aliphatic rings. The first-order valence-corrected chi connectivity index (χ1v) is 6.12. The van der Waals surface area contributed by atoms with Gasteiger partial charge in [-0.1, -0.05) is 0 Å². The van der Waals surface area contributed by atoms with E-state index in [0.29, 0.717) is 17.1 Å². The fourth-order valence-corrected chi connectivity index (χ4v) is 1.55. The minimum absolute atomic E-state index is 0.183. The zero-order valence-electron chi connectivity index (χ0n) is 11.7. The fraction of sp³-hybridized carbons (Fsp3) is 0.500. The number of hydrogen-bond donors (Lipinski definition) is 1. The van der Waals surface area contributed by atoms with Gasteiger partial charge in [0, 0.05) is 11.6 Å². The third kappa shape index (κ3) is 4.79. The van der Waals surface area contributed by atoms with E-state index in [0.717, 1.165) is 0 Å². The molecule has 0 radical (unpaired) electrons. The van der Waals surface area contributed by atoms with E-state index in [4.69, 9.17) is 14.2 Å². The van der Waals surface area contributed by atoms with Gasteiger partial charge >= 0.3 is 5.97 Å². The Kier molecular flexibility index (Phi) is 5.63. The number of aliphatic hydroxyl groups excluding tert-OH is 1. The zero-order valence-corrected chi connectivity index (χ0v) is 11.7. The molecule has 1 aromatic carbocycles. The largest absolute Gasteiger partial charge is 0.497 e. The van der Waals surface area contributed by atoms with Crippen molar-refractivity contribution < 1.29 is 24.1 Å². The highest BCUT2D eigenvalue weighted by molar-refractivity contribution is 5.71. The fourth-order valence-electron chi connectivity index (χ4n) is 1.55. The molecule has 0 unspecified atom stereocenters. The molecule has 0 bridgehead atoms. The van der Waals surface area contributed by atoms with Gasteiger partial charge in [0.25, 0.3) is 0 Å². The summed E-state index contributed by atoms with van der Waals surface area (Å²) in [6.45, 7) is 4.96. The zero-order chi connectivity index (χ0) is 14.4. The molecule has 0 fully saturated rings. The maximum absolute atomic E-state index is 11.4. The summed E-state index contributed by atoms with van der Waals surface area (Å²) in [5.74, 6) is 0.557. The smallest absolute Gasteiger partial charge is 0.344 e. The number of methoxy groups -OCH3 is 1. The predicted octanol–water partition coefficient (Wildman–Crippen LogP) is 2.08. The Morgan fingerprint density at radius 3 is 2.53 bits per heavy atom. The second kappa shape index (κ2) is 6.99. The highest BCUT2D eigenvalue weighted by Gasteiger charge is 2.13. The lowest BCUT2D eigenvalue weighted by molar-refractivity contribution is -0.149. The molecule has 0 aromatic heterocycles. The molecule has 5 heteroatoms. The van der Waals surface area contributed by atoms with Crippen LogP contribution in [-0.4, -0.2) is 30.9 Å². The summed E-state index contributed by atoms with van der Waals surface area (Å²) in [5, 5.41) is 9.64. The molecule has 1 rings (SSSR count). The maximum atomic E-state index is 11.4. The number of carbonyl (C=O) groups is 1. The molecule has 1 aromatic rings. The van der Waals surface area contributed by atoms with Crippen molar-refractivity contribution in [2.75, 3.05) is 13.7 Å². The van der Waals surface area contributed by atoms with Crippen LogP contribution in [0.2, 0.25) is 0 Å². The average Bonchev–Trinajstić information content (AvgIpc) is 2.34. The molecule has 0 spiro atoms. The van der Waals surface area contributed by atoms with Crippen LogP contribution in [0.5, 0.6) is 11.5 Å². The minimum Gasteiger partial charge on any atom is -0.497 e. The van der Waals surface area contributed by atoms with Crippen molar-refractivity contribution in [1.82, 2.24) is 0 Å². The number of benzene rings is 1. The second-order valence-corrected chi connectivity index (χ2v) is 4.41. The number of rotatable bonds is 6. The van der Waals surface area contributed by atoms with Crippen molar-refractivity contribution in [3.63, 3.8) is 0 Å². The Hall–Kier alpha value is -1.75. The van der Waals surface area contributed by atoms with E-state index in [1.165, 1.54) is 7.11 Å². The first kappa shape index (κ1) is 15.3. The van der Waals surface area contributed by atoms with Gasteiger partial charge in [-0.3, -0.25) is 0 Å². The SMILES string of the molecule is COc1ccc([C@H](C)O)c(OCC(=O)OC(C)C)c1. The normalized spacial score (nSPS) is 12.1. The van der Waals surface area contributed by atoms with Crippen LogP contribution >= 0.6 is 0 Å². The summed E-state index contributed by atoms with van der Waals surface area (Å²) in [6, 6.07) is 5.05. The number of esters is 1. The van der Waals surface area contributed by atoms with Crippen molar-refractivity contribution in [3.8, 4) is 11.5 Å². The quantitative estimate of drug-likeness (QED) is 0.800. The summed E-state index contributed by atoms with van der Waals surface area (Å²) >= 11 is 0. The van der Waals surface area contributed by atoms with Gasteiger partial charge in [-0.05, 0) is 32.9 Å². The van der Waals surface area contributed by atoms with Crippen LogP contribution in [0, 0.1) is 0 Å². The number of carbonyl (C=O) groups excluding carboxylic acids is 1. The van der Waals surface area contributed by atoms with E-state index in [1.54, 1.807) is 39.0 Å². The van der Waals surface area contributed by atoms with Crippen LogP contribution in [0.25, 0.3) is 0 Å². The van der Waals surface area contributed by atoms with Crippen molar-refractivity contribution in [1.29, 1.82) is 0 Å². The molecule has 0 amide bonds. The Balaban J connectivity index is 2.77.